The number of carbonyl (C=O) groups excluding carboxylic acids is 1. The van der Waals surface area contributed by atoms with Crippen molar-refractivity contribution in [3.63, 3.8) is 0 Å². The number of nitrogens with one attached hydrogen (secondary N) is 1. The smallest absolute Gasteiger partial charge is 0.407 e. The van der Waals surface area contributed by atoms with E-state index in [1.807, 2.05) is 0 Å². The van der Waals surface area contributed by atoms with E-state index in [1.54, 1.807) is 0 Å². The second-order valence-electron chi connectivity index (χ2n) is 6.18. The fourth-order valence-electron chi connectivity index (χ4n) is 1.77. The molecule has 1 saturated heterocycles. The Bertz CT molecular complexity index is 211. The van der Waals surface area contributed by atoms with E-state index in [4.69, 9.17) is 4.74 Å². The van der Waals surface area contributed by atoms with Crippen molar-refractivity contribution in [2.45, 2.75) is 53.7 Å². The number of hydrogen-bond acceptors (Lipinski definition) is 2. The zero-order valence-corrected chi connectivity index (χ0v) is 9.97. The molecular weight excluding hydrogens is 178 g/mol. The quantitative estimate of drug-likeness (QED) is 0.651. The number of rotatable bonds is 0. The molecule has 1 heterocycles. The van der Waals surface area contributed by atoms with Crippen LogP contribution < -0.4 is 5.32 Å². The Morgan fingerprint density at radius 2 is 1.57 bits per heavy atom. The maximum Gasteiger partial charge on any atom is 0.407 e. The zero-order valence-electron chi connectivity index (χ0n) is 9.97. The van der Waals surface area contributed by atoms with Crippen LogP contribution in [0.2, 0.25) is 0 Å². The summed E-state index contributed by atoms with van der Waals surface area (Å²) in [7, 11) is 0. The molecule has 0 aromatic rings. The van der Waals surface area contributed by atoms with Gasteiger partial charge in [0.25, 0.3) is 0 Å². The first kappa shape index (κ1) is 11.3. The van der Waals surface area contributed by atoms with Crippen molar-refractivity contribution >= 4 is 6.09 Å². The molecule has 0 spiro atoms. The van der Waals surface area contributed by atoms with E-state index in [0.29, 0.717) is 0 Å². The van der Waals surface area contributed by atoms with Crippen LogP contribution in [0.4, 0.5) is 4.79 Å². The normalized spacial score (nSPS) is 28.6. The number of ether oxygens (including phenoxy) is 1. The first-order valence-electron chi connectivity index (χ1n) is 5.09. The Morgan fingerprint density at radius 3 is 1.86 bits per heavy atom. The molecule has 0 saturated carbocycles. The van der Waals surface area contributed by atoms with E-state index in [-0.39, 0.29) is 29.1 Å². The van der Waals surface area contributed by atoms with Crippen molar-refractivity contribution in [2.24, 2.45) is 10.8 Å². The van der Waals surface area contributed by atoms with Gasteiger partial charge >= 0.3 is 6.09 Å². The van der Waals surface area contributed by atoms with Crippen molar-refractivity contribution in [1.82, 2.24) is 5.32 Å². The summed E-state index contributed by atoms with van der Waals surface area (Å²) in [5.41, 5.74) is 0.0151. The second kappa shape index (κ2) is 3.14. The van der Waals surface area contributed by atoms with Crippen LogP contribution in [0, 0.1) is 10.8 Å². The number of cyclic esters (lactones) is 1. The van der Waals surface area contributed by atoms with Gasteiger partial charge in [-0.3, -0.25) is 0 Å². The molecule has 2 atom stereocenters. The zero-order chi connectivity index (χ0) is 11.1. The van der Waals surface area contributed by atoms with Crippen LogP contribution in [0.1, 0.15) is 41.5 Å². The van der Waals surface area contributed by atoms with Gasteiger partial charge in [-0.25, -0.2) is 4.79 Å². The average molecular weight is 199 g/mol. The Balaban J connectivity index is 2.89. The van der Waals surface area contributed by atoms with Gasteiger partial charge in [-0.1, -0.05) is 41.5 Å². The van der Waals surface area contributed by atoms with E-state index >= 15 is 0 Å². The molecule has 82 valence electrons. The second-order valence-corrected chi connectivity index (χ2v) is 6.18. The fraction of sp³-hybridized carbons (Fsp3) is 0.909. The molecule has 0 aliphatic carbocycles. The fourth-order valence-corrected chi connectivity index (χ4v) is 1.77. The molecule has 3 nitrogen and oxygen atoms in total. The number of alkyl carbamates (subject to hydrolysis) is 1. The van der Waals surface area contributed by atoms with Crippen LogP contribution in [0.25, 0.3) is 0 Å². The third-order valence-corrected chi connectivity index (χ3v) is 2.60. The van der Waals surface area contributed by atoms with Crippen molar-refractivity contribution in [1.29, 1.82) is 0 Å². The van der Waals surface area contributed by atoms with E-state index < -0.39 is 0 Å². The highest BCUT2D eigenvalue weighted by Crippen LogP contribution is 2.36. The van der Waals surface area contributed by atoms with Crippen LogP contribution in [-0.2, 0) is 4.74 Å². The van der Waals surface area contributed by atoms with E-state index in [2.05, 4.69) is 46.9 Å². The minimum absolute atomic E-state index is 0.0168. The van der Waals surface area contributed by atoms with Gasteiger partial charge in [-0.2, -0.15) is 0 Å². The standard InChI is InChI=1S/C11H21NO2/c1-10(2,3)7-8(11(4,5)6)14-9(13)12-7/h7-8H,1-6H3,(H,12,13). The summed E-state index contributed by atoms with van der Waals surface area (Å²) in [6, 6.07) is 0.0926. The van der Waals surface area contributed by atoms with Crippen LogP contribution >= 0.6 is 0 Å². The third kappa shape index (κ3) is 2.20. The van der Waals surface area contributed by atoms with Crippen molar-refractivity contribution in [3.8, 4) is 0 Å². The number of hydrogen-bond donors (Lipinski definition) is 1. The summed E-state index contributed by atoms with van der Waals surface area (Å²) in [4.78, 5) is 11.2. The number of amides is 1. The molecule has 0 aromatic heterocycles. The van der Waals surface area contributed by atoms with E-state index in [1.165, 1.54) is 0 Å². The minimum atomic E-state index is -0.287. The molecule has 1 aliphatic rings. The Hall–Kier alpha value is -0.730. The van der Waals surface area contributed by atoms with E-state index in [0.717, 1.165) is 0 Å². The molecule has 1 rings (SSSR count). The Morgan fingerprint density at radius 1 is 1.07 bits per heavy atom. The molecule has 0 radical (unpaired) electrons. The summed E-state index contributed by atoms with van der Waals surface area (Å²) in [5, 5.41) is 2.89. The van der Waals surface area contributed by atoms with Crippen molar-refractivity contribution < 1.29 is 9.53 Å². The number of carbonyl (C=O) groups is 1. The van der Waals surface area contributed by atoms with Gasteiger partial charge < -0.3 is 10.1 Å². The maximum atomic E-state index is 11.2. The van der Waals surface area contributed by atoms with Crippen molar-refractivity contribution in [2.75, 3.05) is 0 Å². The first-order chi connectivity index (χ1) is 6.12. The van der Waals surface area contributed by atoms with Gasteiger partial charge in [0.2, 0.25) is 0 Å². The predicted octanol–water partition coefficient (Wildman–Crippen LogP) is 2.56. The maximum absolute atomic E-state index is 11.2. The third-order valence-electron chi connectivity index (χ3n) is 2.60. The first-order valence-corrected chi connectivity index (χ1v) is 5.09. The van der Waals surface area contributed by atoms with Gasteiger partial charge in [0.1, 0.15) is 6.10 Å². The summed E-state index contributed by atoms with van der Waals surface area (Å²) in [6.07, 6.45) is -0.333. The Labute approximate surface area is 86.2 Å². The highest BCUT2D eigenvalue weighted by molar-refractivity contribution is 5.70. The Kier molecular flexibility index (Phi) is 2.55. The summed E-state index contributed by atoms with van der Waals surface area (Å²) < 4.78 is 5.31. The highest BCUT2D eigenvalue weighted by atomic mass is 16.6. The predicted molar refractivity (Wildman–Crippen MR) is 56.1 cm³/mol. The molecule has 0 aromatic carbocycles. The molecule has 1 aliphatic heterocycles. The monoisotopic (exact) mass is 199 g/mol. The van der Waals surface area contributed by atoms with Crippen LogP contribution in [0.5, 0.6) is 0 Å². The molecular formula is C11H21NO2. The molecule has 14 heavy (non-hydrogen) atoms. The lowest BCUT2D eigenvalue weighted by Crippen LogP contribution is -2.47. The van der Waals surface area contributed by atoms with Crippen LogP contribution in [-0.4, -0.2) is 18.2 Å². The highest BCUT2D eigenvalue weighted by Gasteiger charge is 2.46. The van der Waals surface area contributed by atoms with Crippen molar-refractivity contribution in [3.05, 3.63) is 0 Å². The molecule has 1 fully saturated rings. The van der Waals surface area contributed by atoms with Crippen LogP contribution in [0.15, 0.2) is 0 Å². The van der Waals surface area contributed by atoms with Gasteiger partial charge in [0, 0.05) is 5.41 Å². The summed E-state index contributed by atoms with van der Waals surface area (Å²) >= 11 is 0. The lowest BCUT2D eigenvalue weighted by atomic mass is 9.75. The van der Waals surface area contributed by atoms with Gasteiger partial charge in [0.15, 0.2) is 0 Å². The van der Waals surface area contributed by atoms with Gasteiger partial charge in [-0.05, 0) is 5.41 Å². The topological polar surface area (TPSA) is 38.3 Å². The molecule has 1 amide bonds. The molecule has 0 bridgehead atoms. The summed E-state index contributed by atoms with van der Waals surface area (Å²) in [6.45, 7) is 12.6. The van der Waals surface area contributed by atoms with E-state index in [9.17, 15) is 4.79 Å². The SMILES string of the molecule is CC(C)(C)C1NC(=O)OC1C(C)(C)C. The average Bonchev–Trinajstić information content (AvgIpc) is 2.27. The molecule has 3 heteroatoms. The largest absolute Gasteiger partial charge is 0.443 e. The lowest BCUT2D eigenvalue weighted by Gasteiger charge is -2.36. The molecule has 1 N–H and O–H groups in total. The lowest BCUT2D eigenvalue weighted by molar-refractivity contribution is 0.0329. The summed E-state index contributed by atoms with van der Waals surface area (Å²) in [5.74, 6) is 0. The van der Waals surface area contributed by atoms with Gasteiger partial charge in [-0.15, -0.1) is 0 Å². The van der Waals surface area contributed by atoms with Crippen LogP contribution in [0.3, 0.4) is 0 Å². The van der Waals surface area contributed by atoms with Gasteiger partial charge in [0.05, 0.1) is 6.04 Å². The molecule has 2 unspecified atom stereocenters. The minimum Gasteiger partial charge on any atom is -0.443 e.